The Hall–Kier alpha value is -2.51. The molecule has 22 heavy (non-hydrogen) atoms. The van der Waals surface area contributed by atoms with Crippen molar-refractivity contribution in [1.82, 2.24) is 30.1 Å². The molecule has 0 spiro atoms. The molecule has 1 aliphatic heterocycles. The fourth-order valence-electron chi connectivity index (χ4n) is 2.70. The molecule has 1 aliphatic rings. The largest absolute Gasteiger partial charge is 0.361 e. The van der Waals surface area contributed by atoms with Crippen LogP contribution in [-0.2, 0) is 7.05 Å². The molecule has 0 aromatic carbocycles. The van der Waals surface area contributed by atoms with Gasteiger partial charge in [0, 0.05) is 27.7 Å². The molecule has 116 valence electrons. The van der Waals surface area contributed by atoms with Gasteiger partial charge in [0.25, 0.3) is 5.91 Å². The fourth-order valence-corrected chi connectivity index (χ4v) is 2.70. The minimum atomic E-state index is -0.0616. The van der Waals surface area contributed by atoms with E-state index in [4.69, 9.17) is 0 Å². The van der Waals surface area contributed by atoms with Crippen molar-refractivity contribution in [3.8, 4) is 0 Å². The van der Waals surface area contributed by atoms with Crippen LogP contribution in [0.5, 0.6) is 0 Å². The van der Waals surface area contributed by atoms with Crippen LogP contribution in [0.2, 0.25) is 0 Å². The van der Waals surface area contributed by atoms with E-state index in [1.807, 2.05) is 36.0 Å². The van der Waals surface area contributed by atoms with Crippen molar-refractivity contribution in [2.45, 2.75) is 18.9 Å². The molecule has 2 aromatic heterocycles. The van der Waals surface area contributed by atoms with Crippen molar-refractivity contribution < 1.29 is 4.79 Å². The van der Waals surface area contributed by atoms with Gasteiger partial charge in [-0.3, -0.25) is 4.79 Å². The molecule has 3 heterocycles. The van der Waals surface area contributed by atoms with Crippen LogP contribution >= 0.6 is 0 Å². The van der Waals surface area contributed by atoms with Gasteiger partial charge in [0.2, 0.25) is 0 Å². The van der Waals surface area contributed by atoms with Gasteiger partial charge in [-0.25, -0.2) is 4.68 Å². The molecular formula is C14H19N7O. The van der Waals surface area contributed by atoms with E-state index in [9.17, 15) is 4.79 Å². The zero-order valence-electron chi connectivity index (χ0n) is 13.0. The Morgan fingerprint density at radius 1 is 1.32 bits per heavy atom. The Morgan fingerprint density at radius 3 is 2.73 bits per heavy atom. The van der Waals surface area contributed by atoms with Gasteiger partial charge in [-0.2, -0.15) is 5.10 Å². The van der Waals surface area contributed by atoms with Gasteiger partial charge in [-0.1, -0.05) is 5.21 Å². The van der Waals surface area contributed by atoms with Crippen LogP contribution in [0, 0.1) is 0 Å². The normalized spacial score (nSPS) is 17.8. The Balaban J connectivity index is 1.84. The van der Waals surface area contributed by atoms with Crippen molar-refractivity contribution >= 4 is 11.7 Å². The number of nitrogens with zero attached hydrogens (tertiary/aromatic N) is 7. The number of anilines is 1. The molecule has 0 aliphatic carbocycles. The average molecular weight is 301 g/mol. The van der Waals surface area contributed by atoms with Crippen LogP contribution in [0.3, 0.4) is 0 Å². The number of likely N-dealkylation sites (tertiary alicyclic amines) is 1. The predicted octanol–water partition coefficient (Wildman–Crippen LogP) is 0.648. The van der Waals surface area contributed by atoms with E-state index in [0.29, 0.717) is 12.2 Å². The first-order chi connectivity index (χ1) is 10.6. The monoisotopic (exact) mass is 301 g/mol. The third kappa shape index (κ3) is 2.51. The Bertz CT molecular complexity index is 664. The molecule has 1 atom stereocenters. The number of carbonyl (C=O) groups is 1. The number of carbonyl (C=O) groups excluding carboxylic acids is 1. The van der Waals surface area contributed by atoms with Crippen LogP contribution in [0.1, 0.15) is 35.1 Å². The molecule has 0 N–H and O–H groups in total. The van der Waals surface area contributed by atoms with E-state index < -0.39 is 0 Å². The smallest absolute Gasteiger partial charge is 0.274 e. The maximum atomic E-state index is 12.7. The van der Waals surface area contributed by atoms with E-state index >= 15 is 0 Å². The summed E-state index contributed by atoms with van der Waals surface area (Å²) in [6, 6.07) is 3.83. The first-order valence-corrected chi connectivity index (χ1v) is 7.24. The van der Waals surface area contributed by atoms with Gasteiger partial charge in [-0.05, 0) is 25.0 Å². The van der Waals surface area contributed by atoms with Crippen molar-refractivity contribution in [2.24, 2.45) is 7.05 Å². The molecule has 1 saturated heterocycles. The van der Waals surface area contributed by atoms with Gasteiger partial charge in [0.05, 0.1) is 17.9 Å². The summed E-state index contributed by atoms with van der Waals surface area (Å²) in [6.07, 6.45) is 3.35. The molecule has 0 radical (unpaired) electrons. The van der Waals surface area contributed by atoms with Gasteiger partial charge in [0.15, 0.2) is 5.82 Å². The maximum Gasteiger partial charge on any atom is 0.274 e. The molecule has 8 nitrogen and oxygen atoms in total. The summed E-state index contributed by atoms with van der Waals surface area (Å²) in [5.74, 6) is 0.740. The summed E-state index contributed by atoms with van der Waals surface area (Å²) in [5.41, 5.74) is 1.32. The molecule has 8 heteroatoms. The predicted molar refractivity (Wildman–Crippen MR) is 80.4 cm³/mol. The Morgan fingerprint density at radius 2 is 2.14 bits per heavy atom. The maximum absolute atomic E-state index is 12.7. The third-order valence-corrected chi connectivity index (χ3v) is 3.92. The summed E-state index contributed by atoms with van der Waals surface area (Å²) in [5, 5.41) is 16.1. The van der Waals surface area contributed by atoms with Gasteiger partial charge in [0.1, 0.15) is 5.69 Å². The van der Waals surface area contributed by atoms with Crippen LogP contribution in [0.4, 0.5) is 5.82 Å². The molecule has 1 fully saturated rings. The number of hydrogen-bond donors (Lipinski definition) is 0. The van der Waals surface area contributed by atoms with Gasteiger partial charge < -0.3 is 9.80 Å². The minimum Gasteiger partial charge on any atom is -0.361 e. The third-order valence-electron chi connectivity index (χ3n) is 3.92. The lowest BCUT2D eigenvalue weighted by atomic mass is 10.1. The van der Waals surface area contributed by atoms with Crippen molar-refractivity contribution in [2.75, 3.05) is 25.5 Å². The highest BCUT2D eigenvalue weighted by Crippen LogP contribution is 2.31. The van der Waals surface area contributed by atoms with E-state index in [2.05, 4.69) is 20.5 Å². The molecule has 1 amide bonds. The fraction of sp³-hybridized carbons (Fsp3) is 0.500. The van der Waals surface area contributed by atoms with Crippen molar-refractivity contribution in [3.05, 3.63) is 29.7 Å². The van der Waals surface area contributed by atoms with Gasteiger partial charge in [-0.15, -0.1) is 10.2 Å². The summed E-state index contributed by atoms with van der Waals surface area (Å²) < 4.78 is 1.50. The molecule has 0 saturated carbocycles. The van der Waals surface area contributed by atoms with E-state index in [0.717, 1.165) is 24.4 Å². The molecular weight excluding hydrogens is 282 g/mol. The quantitative estimate of drug-likeness (QED) is 0.828. The zero-order chi connectivity index (χ0) is 15.7. The number of amides is 1. The number of rotatable bonds is 3. The van der Waals surface area contributed by atoms with Gasteiger partial charge >= 0.3 is 0 Å². The Labute approximate surface area is 128 Å². The highest BCUT2D eigenvalue weighted by atomic mass is 16.2. The summed E-state index contributed by atoms with van der Waals surface area (Å²) >= 11 is 0. The lowest BCUT2D eigenvalue weighted by Gasteiger charge is -2.24. The summed E-state index contributed by atoms with van der Waals surface area (Å²) in [7, 11) is 5.56. The topological polar surface area (TPSA) is 80.0 Å². The highest BCUT2D eigenvalue weighted by Gasteiger charge is 2.33. The minimum absolute atomic E-state index is 0.0360. The summed E-state index contributed by atoms with van der Waals surface area (Å²) in [6.45, 7) is 0.714. The molecule has 1 unspecified atom stereocenters. The lowest BCUT2D eigenvalue weighted by Crippen LogP contribution is -2.32. The highest BCUT2D eigenvalue weighted by molar-refractivity contribution is 5.92. The first kappa shape index (κ1) is 14.4. The van der Waals surface area contributed by atoms with Crippen LogP contribution in [0.15, 0.2) is 18.3 Å². The second-order valence-electron chi connectivity index (χ2n) is 5.61. The van der Waals surface area contributed by atoms with E-state index in [-0.39, 0.29) is 11.9 Å². The standard InChI is InChI=1S/C14H19N7O/c1-19(2)13-7-6-10(16-17-13)11-5-4-8-21(11)14(22)12-9-15-18-20(12)3/h6-7,9,11H,4-5,8H2,1-3H3. The Kier molecular flexibility index (Phi) is 3.74. The first-order valence-electron chi connectivity index (χ1n) is 7.24. The van der Waals surface area contributed by atoms with Crippen molar-refractivity contribution in [1.29, 1.82) is 0 Å². The van der Waals surface area contributed by atoms with E-state index in [1.165, 1.54) is 10.9 Å². The van der Waals surface area contributed by atoms with Crippen LogP contribution in [0.25, 0.3) is 0 Å². The van der Waals surface area contributed by atoms with E-state index in [1.54, 1.807) is 7.05 Å². The molecule has 2 aromatic rings. The van der Waals surface area contributed by atoms with Crippen LogP contribution < -0.4 is 4.90 Å². The van der Waals surface area contributed by atoms with Crippen molar-refractivity contribution in [3.63, 3.8) is 0 Å². The number of aromatic nitrogens is 5. The van der Waals surface area contributed by atoms with Crippen LogP contribution in [-0.4, -0.2) is 56.6 Å². The summed E-state index contributed by atoms with van der Waals surface area (Å²) in [4.78, 5) is 16.4. The SMILES string of the molecule is CN(C)c1ccc(C2CCCN2C(=O)c2cnnn2C)nn1. The average Bonchev–Trinajstić information content (AvgIpc) is 3.15. The number of hydrogen-bond acceptors (Lipinski definition) is 6. The second-order valence-corrected chi connectivity index (χ2v) is 5.61. The zero-order valence-corrected chi connectivity index (χ0v) is 13.0. The second kappa shape index (κ2) is 5.70. The molecule has 0 bridgehead atoms. The molecule has 3 rings (SSSR count). The number of aryl methyl sites for hydroxylation is 1. The lowest BCUT2D eigenvalue weighted by molar-refractivity contribution is 0.0721.